The Morgan fingerprint density at radius 1 is 1.47 bits per heavy atom. The van der Waals surface area contributed by atoms with Gasteiger partial charge >= 0.3 is 6.18 Å². The lowest BCUT2D eigenvalue weighted by atomic mass is 10.3. The molecule has 1 aromatic rings. The molecule has 0 unspecified atom stereocenters. The van der Waals surface area contributed by atoms with Gasteiger partial charge in [0.15, 0.2) is 0 Å². The summed E-state index contributed by atoms with van der Waals surface area (Å²) < 4.78 is 37.8. The van der Waals surface area contributed by atoms with Crippen LogP contribution in [0.3, 0.4) is 0 Å². The molecule has 2 N–H and O–H groups in total. The molecule has 8 heteroatoms. The van der Waals surface area contributed by atoms with Crippen LogP contribution in [-0.4, -0.2) is 33.7 Å². The fraction of sp³-hybridized carbons (Fsp3) is 0.545. The third kappa shape index (κ3) is 3.76. The van der Waals surface area contributed by atoms with Gasteiger partial charge in [0, 0.05) is 11.7 Å². The molecule has 104 valence electrons. The molecule has 0 radical (unpaired) electrons. The standard InChI is InChI=1S/C11H13F3N4S/c1-6-4-8(9(15)19)17-10(16-6)18(7-2-3-7)5-11(12,13)14/h4,7H,2-3,5H2,1H3,(H2,15,19). The Labute approximate surface area is 113 Å². The first-order chi connectivity index (χ1) is 8.76. The van der Waals surface area contributed by atoms with Crippen LogP contribution < -0.4 is 10.6 Å². The molecule has 1 aromatic heterocycles. The number of rotatable bonds is 4. The monoisotopic (exact) mass is 290 g/mol. The predicted octanol–water partition coefficient (Wildman–Crippen LogP) is 1.95. The van der Waals surface area contributed by atoms with Crippen LogP contribution in [0.2, 0.25) is 0 Å². The van der Waals surface area contributed by atoms with E-state index in [1.165, 1.54) is 4.90 Å². The molecule has 0 bridgehead atoms. The quantitative estimate of drug-likeness (QED) is 0.859. The second kappa shape index (κ2) is 4.92. The Kier molecular flexibility index (Phi) is 3.62. The van der Waals surface area contributed by atoms with Crippen molar-refractivity contribution in [3.63, 3.8) is 0 Å². The van der Waals surface area contributed by atoms with E-state index < -0.39 is 12.7 Å². The van der Waals surface area contributed by atoms with Crippen LogP contribution in [0.15, 0.2) is 6.07 Å². The van der Waals surface area contributed by atoms with Gasteiger partial charge in [-0.1, -0.05) is 12.2 Å². The smallest absolute Gasteiger partial charge is 0.388 e. The first kappa shape index (κ1) is 14.0. The van der Waals surface area contributed by atoms with Gasteiger partial charge in [0.1, 0.15) is 17.2 Å². The van der Waals surface area contributed by atoms with E-state index in [1.54, 1.807) is 13.0 Å². The third-order valence-electron chi connectivity index (χ3n) is 2.69. The maximum Gasteiger partial charge on any atom is 0.406 e. The van der Waals surface area contributed by atoms with Gasteiger partial charge in [-0.15, -0.1) is 0 Å². The number of alkyl halides is 3. The van der Waals surface area contributed by atoms with Gasteiger partial charge in [-0.25, -0.2) is 9.97 Å². The van der Waals surface area contributed by atoms with Gasteiger partial charge in [0.05, 0.1) is 0 Å². The van der Waals surface area contributed by atoms with Crippen molar-refractivity contribution in [1.82, 2.24) is 9.97 Å². The van der Waals surface area contributed by atoms with Crippen molar-refractivity contribution in [3.8, 4) is 0 Å². The number of hydrogen-bond donors (Lipinski definition) is 1. The molecule has 0 atom stereocenters. The predicted molar refractivity (Wildman–Crippen MR) is 69.1 cm³/mol. The second-order valence-electron chi connectivity index (χ2n) is 4.53. The highest BCUT2D eigenvalue weighted by atomic mass is 32.1. The number of aromatic nitrogens is 2. The minimum Gasteiger partial charge on any atom is -0.388 e. The molecule has 0 amide bonds. The zero-order valence-electron chi connectivity index (χ0n) is 10.2. The number of aryl methyl sites for hydroxylation is 1. The average Bonchev–Trinajstić information content (AvgIpc) is 3.07. The van der Waals surface area contributed by atoms with Crippen LogP contribution in [0.5, 0.6) is 0 Å². The lowest BCUT2D eigenvalue weighted by Gasteiger charge is -2.24. The summed E-state index contributed by atoms with van der Waals surface area (Å²) in [6, 6.07) is 1.41. The first-order valence-corrected chi connectivity index (χ1v) is 6.16. The highest BCUT2D eigenvalue weighted by molar-refractivity contribution is 7.80. The summed E-state index contributed by atoms with van der Waals surface area (Å²) in [5, 5.41) is 0. The van der Waals surface area contributed by atoms with Crippen LogP contribution in [0.4, 0.5) is 19.1 Å². The van der Waals surface area contributed by atoms with E-state index in [0.717, 1.165) is 12.8 Å². The lowest BCUT2D eigenvalue weighted by molar-refractivity contribution is -0.120. The van der Waals surface area contributed by atoms with Crippen molar-refractivity contribution >= 4 is 23.2 Å². The summed E-state index contributed by atoms with van der Waals surface area (Å²) in [6.07, 6.45) is -2.86. The van der Waals surface area contributed by atoms with Crippen LogP contribution in [0.1, 0.15) is 24.2 Å². The molecule has 4 nitrogen and oxygen atoms in total. The maximum absolute atomic E-state index is 12.6. The Morgan fingerprint density at radius 2 is 2.11 bits per heavy atom. The Morgan fingerprint density at radius 3 is 2.58 bits per heavy atom. The Bertz CT molecular complexity index is 499. The first-order valence-electron chi connectivity index (χ1n) is 5.75. The van der Waals surface area contributed by atoms with Crippen LogP contribution in [0.25, 0.3) is 0 Å². The van der Waals surface area contributed by atoms with Crippen LogP contribution in [-0.2, 0) is 0 Å². The minimum atomic E-state index is -4.29. The highest BCUT2D eigenvalue weighted by Gasteiger charge is 2.39. The van der Waals surface area contributed by atoms with E-state index in [-0.39, 0.29) is 17.0 Å². The van der Waals surface area contributed by atoms with Crippen molar-refractivity contribution in [2.75, 3.05) is 11.4 Å². The van der Waals surface area contributed by atoms with Crippen LogP contribution >= 0.6 is 12.2 Å². The summed E-state index contributed by atoms with van der Waals surface area (Å²) in [7, 11) is 0. The third-order valence-corrected chi connectivity index (χ3v) is 2.90. The van der Waals surface area contributed by atoms with E-state index in [1.807, 2.05) is 0 Å². The van der Waals surface area contributed by atoms with Gasteiger partial charge in [0.2, 0.25) is 5.95 Å². The molecule has 1 aliphatic rings. The van der Waals surface area contributed by atoms with Crippen molar-refractivity contribution in [1.29, 1.82) is 0 Å². The molecule has 1 aliphatic carbocycles. The molecule has 1 fully saturated rings. The molecule has 0 saturated heterocycles. The maximum atomic E-state index is 12.6. The zero-order chi connectivity index (χ0) is 14.2. The summed E-state index contributed by atoms with van der Waals surface area (Å²) in [5.41, 5.74) is 6.31. The molecular weight excluding hydrogens is 277 g/mol. The summed E-state index contributed by atoms with van der Waals surface area (Å²) in [4.78, 5) is 9.31. The number of anilines is 1. The van der Waals surface area contributed by atoms with E-state index in [0.29, 0.717) is 11.4 Å². The normalized spacial score (nSPS) is 15.4. The molecule has 2 rings (SSSR count). The fourth-order valence-electron chi connectivity index (χ4n) is 1.75. The Balaban J connectivity index is 2.33. The summed E-state index contributed by atoms with van der Waals surface area (Å²) in [6.45, 7) is 0.615. The number of hydrogen-bond acceptors (Lipinski definition) is 4. The molecular formula is C11H13F3N4S. The lowest BCUT2D eigenvalue weighted by Crippen LogP contribution is -2.37. The van der Waals surface area contributed by atoms with Gasteiger partial charge in [-0.3, -0.25) is 0 Å². The van der Waals surface area contributed by atoms with Crippen molar-refractivity contribution < 1.29 is 13.2 Å². The second-order valence-corrected chi connectivity index (χ2v) is 4.97. The fourth-order valence-corrected chi connectivity index (χ4v) is 1.85. The van der Waals surface area contributed by atoms with E-state index >= 15 is 0 Å². The van der Waals surface area contributed by atoms with Gasteiger partial charge in [-0.05, 0) is 25.8 Å². The van der Waals surface area contributed by atoms with E-state index in [9.17, 15) is 13.2 Å². The SMILES string of the molecule is Cc1cc(C(N)=S)nc(N(CC(F)(F)F)C2CC2)n1. The average molecular weight is 290 g/mol. The van der Waals surface area contributed by atoms with Gasteiger partial charge in [-0.2, -0.15) is 13.2 Å². The zero-order valence-corrected chi connectivity index (χ0v) is 11.1. The Hall–Kier alpha value is -1.44. The van der Waals surface area contributed by atoms with Crippen molar-refractivity contribution in [3.05, 3.63) is 17.5 Å². The molecule has 0 spiro atoms. The van der Waals surface area contributed by atoms with Crippen molar-refractivity contribution in [2.45, 2.75) is 32.0 Å². The minimum absolute atomic E-state index is 0.0441. The van der Waals surface area contributed by atoms with E-state index in [4.69, 9.17) is 18.0 Å². The molecule has 1 saturated carbocycles. The topological polar surface area (TPSA) is 55.0 Å². The largest absolute Gasteiger partial charge is 0.406 e. The summed E-state index contributed by atoms with van der Waals surface area (Å²) >= 11 is 4.81. The number of thiocarbonyl (C=S) groups is 1. The van der Waals surface area contributed by atoms with Crippen molar-refractivity contribution in [2.24, 2.45) is 5.73 Å². The molecule has 0 aliphatic heterocycles. The van der Waals surface area contributed by atoms with Gasteiger partial charge < -0.3 is 10.6 Å². The number of nitrogens with two attached hydrogens (primary N) is 1. The molecule has 19 heavy (non-hydrogen) atoms. The summed E-state index contributed by atoms with van der Waals surface area (Å²) in [5.74, 6) is 0.0441. The number of nitrogens with zero attached hydrogens (tertiary/aromatic N) is 3. The van der Waals surface area contributed by atoms with Gasteiger partial charge in [0.25, 0.3) is 0 Å². The molecule has 1 heterocycles. The highest BCUT2D eigenvalue weighted by Crippen LogP contribution is 2.32. The van der Waals surface area contributed by atoms with E-state index in [2.05, 4.69) is 9.97 Å². The number of halogens is 3. The van der Waals surface area contributed by atoms with Crippen LogP contribution in [0, 0.1) is 6.92 Å². The molecule has 0 aromatic carbocycles.